The molecule has 7 heteroatoms. The zero-order chi connectivity index (χ0) is 17.4. The van der Waals surface area contributed by atoms with Crippen molar-refractivity contribution in [3.63, 3.8) is 0 Å². The minimum Gasteiger partial charge on any atom is -0.381 e. The van der Waals surface area contributed by atoms with Crippen LogP contribution in [0.25, 0.3) is 0 Å². The number of nitrogens with one attached hydrogen (secondary N) is 1. The van der Waals surface area contributed by atoms with Crippen LogP contribution in [-0.4, -0.2) is 52.6 Å². The van der Waals surface area contributed by atoms with E-state index in [0.717, 1.165) is 38.2 Å². The minimum atomic E-state index is -0.385. The summed E-state index contributed by atoms with van der Waals surface area (Å²) in [5, 5.41) is 3.08. The SMILES string of the molecule is C[C@@H]1C[C@@H]1C(=O)N1Cc2cncn2[C@@H](C(=O)NCC2CCOCC2)C1. The summed E-state index contributed by atoms with van der Waals surface area (Å²) in [5.41, 5.74) is 0.930. The highest BCUT2D eigenvalue weighted by molar-refractivity contribution is 5.84. The van der Waals surface area contributed by atoms with Crippen LogP contribution in [0.5, 0.6) is 0 Å². The molecule has 1 aromatic heterocycles. The first-order valence-corrected chi connectivity index (χ1v) is 9.28. The molecule has 25 heavy (non-hydrogen) atoms. The molecular formula is C18H26N4O3. The first kappa shape index (κ1) is 16.6. The van der Waals surface area contributed by atoms with Crippen molar-refractivity contribution < 1.29 is 14.3 Å². The van der Waals surface area contributed by atoms with Crippen LogP contribution in [0.4, 0.5) is 0 Å². The maximum Gasteiger partial charge on any atom is 0.244 e. The van der Waals surface area contributed by atoms with Crippen LogP contribution in [0.2, 0.25) is 0 Å². The van der Waals surface area contributed by atoms with Crippen molar-refractivity contribution in [2.75, 3.05) is 26.3 Å². The predicted octanol–water partition coefficient (Wildman–Crippen LogP) is 0.965. The summed E-state index contributed by atoms with van der Waals surface area (Å²) >= 11 is 0. The molecule has 1 saturated carbocycles. The second kappa shape index (κ2) is 6.78. The Balaban J connectivity index is 1.42. The molecule has 2 fully saturated rings. The smallest absolute Gasteiger partial charge is 0.244 e. The van der Waals surface area contributed by atoms with E-state index in [0.29, 0.717) is 31.5 Å². The molecule has 1 aliphatic carbocycles. The van der Waals surface area contributed by atoms with Crippen molar-refractivity contribution >= 4 is 11.8 Å². The van der Waals surface area contributed by atoms with Gasteiger partial charge in [-0.15, -0.1) is 0 Å². The van der Waals surface area contributed by atoms with Gasteiger partial charge < -0.3 is 19.5 Å². The summed E-state index contributed by atoms with van der Waals surface area (Å²) in [6, 6.07) is -0.385. The molecule has 2 amide bonds. The fourth-order valence-electron chi connectivity index (χ4n) is 3.88. The molecule has 1 aromatic rings. The Labute approximate surface area is 147 Å². The highest BCUT2D eigenvalue weighted by atomic mass is 16.5. The van der Waals surface area contributed by atoms with E-state index in [1.54, 1.807) is 12.5 Å². The molecule has 0 unspecified atom stereocenters. The minimum absolute atomic E-state index is 0.0212. The summed E-state index contributed by atoms with van der Waals surface area (Å²) in [6.07, 6.45) is 6.41. The lowest BCUT2D eigenvalue weighted by molar-refractivity contribution is -0.136. The van der Waals surface area contributed by atoms with Crippen molar-refractivity contribution in [3.05, 3.63) is 18.2 Å². The number of fused-ring (bicyclic) bond motifs is 1. The van der Waals surface area contributed by atoms with Crippen LogP contribution in [0.15, 0.2) is 12.5 Å². The Kier molecular flexibility index (Phi) is 4.50. The van der Waals surface area contributed by atoms with Gasteiger partial charge in [0.25, 0.3) is 0 Å². The zero-order valence-electron chi connectivity index (χ0n) is 14.7. The molecular weight excluding hydrogens is 320 g/mol. The molecule has 0 radical (unpaired) electrons. The topological polar surface area (TPSA) is 76.5 Å². The molecule has 2 aliphatic heterocycles. The lowest BCUT2D eigenvalue weighted by Crippen LogP contribution is -2.47. The van der Waals surface area contributed by atoms with E-state index in [2.05, 4.69) is 17.2 Å². The molecule has 1 saturated heterocycles. The molecule has 0 spiro atoms. The molecule has 136 valence electrons. The average molecular weight is 346 g/mol. The summed E-state index contributed by atoms with van der Waals surface area (Å²) in [5.74, 6) is 1.25. The Morgan fingerprint density at radius 3 is 2.84 bits per heavy atom. The van der Waals surface area contributed by atoms with Gasteiger partial charge in [0, 0.05) is 31.9 Å². The lowest BCUT2D eigenvalue weighted by atomic mass is 10.0. The molecule has 1 N–H and O–H groups in total. The van der Waals surface area contributed by atoms with Gasteiger partial charge in [-0.3, -0.25) is 9.59 Å². The fourth-order valence-corrected chi connectivity index (χ4v) is 3.88. The Bertz CT molecular complexity index is 653. The van der Waals surface area contributed by atoms with Gasteiger partial charge in [-0.05, 0) is 31.1 Å². The summed E-state index contributed by atoms with van der Waals surface area (Å²) < 4.78 is 7.28. The van der Waals surface area contributed by atoms with Gasteiger partial charge in [-0.1, -0.05) is 6.92 Å². The number of amides is 2. The first-order chi connectivity index (χ1) is 12.1. The van der Waals surface area contributed by atoms with Gasteiger partial charge in [-0.25, -0.2) is 4.98 Å². The number of hydrogen-bond donors (Lipinski definition) is 1. The number of ether oxygens (including phenoxy) is 1. The van der Waals surface area contributed by atoms with E-state index < -0.39 is 0 Å². The van der Waals surface area contributed by atoms with Crippen LogP contribution in [-0.2, 0) is 20.9 Å². The van der Waals surface area contributed by atoms with Crippen LogP contribution in [0, 0.1) is 17.8 Å². The largest absolute Gasteiger partial charge is 0.381 e. The number of imidazole rings is 1. The standard InChI is InChI=1S/C18H26N4O3/c1-12-6-15(12)18(24)21-9-14-8-19-11-22(14)16(10-21)17(23)20-7-13-2-4-25-5-3-13/h8,11-13,15-16H,2-7,9-10H2,1H3,(H,20,23)/t12-,15+,16-/m1/s1. The molecule has 7 nitrogen and oxygen atoms in total. The quantitative estimate of drug-likeness (QED) is 0.881. The monoisotopic (exact) mass is 346 g/mol. The third kappa shape index (κ3) is 3.42. The molecule has 3 heterocycles. The van der Waals surface area contributed by atoms with E-state index >= 15 is 0 Å². The van der Waals surface area contributed by atoms with Crippen LogP contribution >= 0.6 is 0 Å². The van der Waals surface area contributed by atoms with Gasteiger partial charge in [0.1, 0.15) is 6.04 Å². The molecule has 3 aliphatic rings. The van der Waals surface area contributed by atoms with Gasteiger partial charge in [0.15, 0.2) is 0 Å². The average Bonchev–Trinajstić information content (AvgIpc) is 3.17. The van der Waals surface area contributed by atoms with Crippen LogP contribution in [0.1, 0.15) is 37.9 Å². The molecule has 0 bridgehead atoms. The number of rotatable bonds is 4. The summed E-state index contributed by atoms with van der Waals surface area (Å²) in [4.78, 5) is 31.4. The van der Waals surface area contributed by atoms with E-state index in [1.165, 1.54) is 0 Å². The third-order valence-electron chi connectivity index (χ3n) is 5.78. The maximum atomic E-state index is 12.8. The number of carbonyl (C=O) groups excluding carboxylic acids is 2. The number of nitrogens with zero attached hydrogens (tertiary/aromatic N) is 3. The van der Waals surface area contributed by atoms with E-state index in [4.69, 9.17) is 4.74 Å². The lowest BCUT2D eigenvalue weighted by Gasteiger charge is -2.34. The summed E-state index contributed by atoms with van der Waals surface area (Å²) in [6.45, 7) is 5.32. The highest BCUT2D eigenvalue weighted by Gasteiger charge is 2.43. The first-order valence-electron chi connectivity index (χ1n) is 9.28. The van der Waals surface area contributed by atoms with Crippen molar-refractivity contribution in [3.8, 4) is 0 Å². The summed E-state index contributed by atoms with van der Waals surface area (Å²) in [7, 11) is 0. The van der Waals surface area contributed by atoms with Crippen molar-refractivity contribution in [2.45, 2.75) is 38.8 Å². The maximum absolute atomic E-state index is 12.8. The molecule has 4 rings (SSSR count). The normalized spacial score (nSPS) is 29.2. The van der Waals surface area contributed by atoms with Crippen molar-refractivity contribution in [2.24, 2.45) is 17.8 Å². The van der Waals surface area contributed by atoms with E-state index in [-0.39, 0.29) is 23.8 Å². The molecule has 0 aromatic carbocycles. The Morgan fingerprint density at radius 2 is 2.12 bits per heavy atom. The van der Waals surface area contributed by atoms with Gasteiger partial charge in [0.2, 0.25) is 11.8 Å². The third-order valence-corrected chi connectivity index (χ3v) is 5.78. The van der Waals surface area contributed by atoms with Gasteiger partial charge in [0.05, 0.1) is 25.1 Å². The highest BCUT2D eigenvalue weighted by Crippen LogP contribution is 2.40. The Hall–Kier alpha value is -1.89. The van der Waals surface area contributed by atoms with Crippen molar-refractivity contribution in [1.29, 1.82) is 0 Å². The van der Waals surface area contributed by atoms with E-state index in [9.17, 15) is 9.59 Å². The molecule has 3 atom stereocenters. The van der Waals surface area contributed by atoms with Crippen LogP contribution in [0.3, 0.4) is 0 Å². The zero-order valence-corrected chi connectivity index (χ0v) is 14.7. The Morgan fingerprint density at radius 1 is 1.36 bits per heavy atom. The number of carbonyl (C=O) groups is 2. The van der Waals surface area contributed by atoms with Gasteiger partial charge in [-0.2, -0.15) is 0 Å². The predicted molar refractivity (Wildman–Crippen MR) is 90.5 cm³/mol. The second-order valence-electron chi connectivity index (χ2n) is 7.65. The fraction of sp³-hybridized carbons (Fsp3) is 0.722. The van der Waals surface area contributed by atoms with Gasteiger partial charge >= 0.3 is 0 Å². The van der Waals surface area contributed by atoms with Crippen LogP contribution < -0.4 is 5.32 Å². The second-order valence-corrected chi connectivity index (χ2v) is 7.65. The number of aromatic nitrogens is 2. The van der Waals surface area contributed by atoms with E-state index in [1.807, 2.05) is 9.47 Å². The number of hydrogen-bond acceptors (Lipinski definition) is 4. The van der Waals surface area contributed by atoms with Crippen molar-refractivity contribution in [1.82, 2.24) is 19.8 Å².